The average molecular weight is 209 g/mol. The molecular weight excluding hydrogens is 198 g/mol. The monoisotopic (exact) mass is 209 g/mol. The summed E-state index contributed by atoms with van der Waals surface area (Å²) in [7, 11) is 0. The summed E-state index contributed by atoms with van der Waals surface area (Å²) < 4.78 is 10.8. The number of nitrogens with zero attached hydrogens (tertiary/aromatic N) is 1. The highest BCUT2D eigenvalue weighted by atomic mass is 16.7. The second-order valence-electron chi connectivity index (χ2n) is 3.46. The van der Waals surface area contributed by atoms with Crippen LogP contribution in [0.2, 0.25) is 0 Å². The third-order valence-electron chi connectivity index (χ3n) is 2.19. The number of nitro benzene ring substituents is 1. The second-order valence-corrected chi connectivity index (χ2v) is 3.46. The van der Waals surface area contributed by atoms with E-state index in [4.69, 9.17) is 9.47 Å². The highest BCUT2D eigenvalue weighted by molar-refractivity contribution is 5.34. The van der Waals surface area contributed by atoms with E-state index in [1.165, 1.54) is 12.1 Å². The molecule has 0 spiro atoms. The minimum absolute atomic E-state index is 0.0364. The maximum absolute atomic E-state index is 10.6. The Hall–Kier alpha value is -1.46. The zero-order valence-electron chi connectivity index (χ0n) is 8.25. The molecule has 0 radical (unpaired) electrons. The summed E-state index contributed by atoms with van der Waals surface area (Å²) >= 11 is 0. The van der Waals surface area contributed by atoms with Crippen LogP contribution in [0.4, 0.5) is 5.69 Å². The Bertz CT molecular complexity index is 379. The van der Waals surface area contributed by atoms with Crippen LogP contribution in [0.5, 0.6) is 0 Å². The van der Waals surface area contributed by atoms with E-state index >= 15 is 0 Å². The van der Waals surface area contributed by atoms with E-state index in [2.05, 4.69) is 0 Å². The fraction of sp³-hybridized carbons (Fsp3) is 0.400. The Morgan fingerprint density at radius 2 is 2.33 bits per heavy atom. The zero-order chi connectivity index (χ0) is 10.8. The van der Waals surface area contributed by atoms with E-state index in [-0.39, 0.29) is 11.8 Å². The number of ether oxygens (including phenoxy) is 2. The van der Waals surface area contributed by atoms with Crippen molar-refractivity contribution in [3.63, 3.8) is 0 Å². The first-order chi connectivity index (χ1) is 7.16. The van der Waals surface area contributed by atoms with Crippen molar-refractivity contribution in [1.29, 1.82) is 0 Å². The lowest BCUT2D eigenvalue weighted by Gasteiger charge is -2.09. The van der Waals surface area contributed by atoms with Gasteiger partial charge >= 0.3 is 0 Å². The van der Waals surface area contributed by atoms with E-state index in [1.807, 2.05) is 6.92 Å². The molecule has 15 heavy (non-hydrogen) atoms. The lowest BCUT2D eigenvalue weighted by molar-refractivity contribution is -0.385. The van der Waals surface area contributed by atoms with E-state index in [0.29, 0.717) is 12.2 Å². The number of hydrogen-bond acceptors (Lipinski definition) is 4. The molecule has 1 heterocycles. The third kappa shape index (κ3) is 2.14. The largest absolute Gasteiger partial charge is 0.346 e. The van der Waals surface area contributed by atoms with Crippen molar-refractivity contribution in [2.75, 3.05) is 6.61 Å². The highest BCUT2D eigenvalue weighted by Crippen LogP contribution is 2.28. The van der Waals surface area contributed by atoms with Crippen molar-refractivity contribution in [2.24, 2.45) is 0 Å². The van der Waals surface area contributed by atoms with Crippen LogP contribution < -0.4 is 0 Å². The van der Waals surface area contributed by atoms with Crippen molar-refractivity contribution in [3.05, 3.63) is 39.9 Å². The van der Waals surface area contributed by atoms with Gasteiger partial charge in [0.2, 0.25) is 0 Å². The van der Waals surface area contributed by atoms with Crippen LogP contribution in [0.1, 0.15) is 18.8 Å². The molecule has 0 bridgehead atoms. The Labute approximate surface area is 86.8 Å². The van der Waals surface area contributed by atoms with Crippen LogP contribution in [-0.4, -0.2) is 17.6 Å². The van der Waals surface area contributed by atoms with E-state index < -0.39 is 11.2 Å². The normalized spacial score (nSPS) is 25.4. The van der Waals surface area contributed by atoms with Gasteiger partial charge in [0.05, 0.1) is 17.6 Å². The molecule has 80 valence electrons. The van der Waals surface area contributed by atoms with Gasteiger partial charge in [0.25, 0.3) is 5.69 Å². The fourth-order valence-corrected chi connectivity index (χ4v) is 1.47. The summed E-state index contributed by atoms with van der Waals surface area (Å²) in [5.74, 6) is 0. The van der Waals surface area contributed by atoms with Gasteiger partial charge in [-0.15, -0.1) is 0 Å². The van der Waals surface area contributed by atoms with Gasteiger partial charge in [-0.05, 0) is 6.92 Å². The molecule has 1 saturated heterocycles. The topological polar surface area (TPSA) is 61.6 Å². The van der Waals surface area contributed by atoms with Crippen molar-refractivity contribution in [1.82, 2.24) is 0 Å². The maximum atomic E-state index is 10.6. The standard InChI is InChI=1S/C10H11NO4/c1-7-6-14-10(15-7)8-3-2-4-9(5-8)11(12)13/h2-5,7,10H,6H2,1H3. The SMILES string of the molecule is CC1COC(c2cccc([N+](=O)[O-])c2)O1. The molecule has 1 aromatic rings. The fourth-order valence-electron chi connectivity index (χ4n) is 1.47. The van der Waals surface area contributed by atoms with Crippen molar-refractivity contribution in [3.8, 4) is 0 Å². The zero-order valence-corrected chi connectivity index (χ0v) is 8.25. The number of benzene rings is 1. The first-order valence-electron chi connectivity index (χ1n) is 4.68. The van der Waals surface area contributed by atoms with Crippen molar-refractivity contribution >= 4 is 5.69 Å². The smallest absolute Gasteiger partial charge is 0.269 e. The molecule has 1 aromatic carbocycles. The highest BCUT2D eigenvalue weighted by Gasteiger charge is 2.25. The van der Waals surface area contributed by atoms with Crippen LogP contribution in [0.3, 0.4) is 0 Å². The molecule has 1 aliphatic rings. The molecule has 0 aliphatic carbocycles. The van der Waals surface area contributed by atoms with Crippen LogP contribution in [0.25, 0.3) is 0 Å². The summed E-state index contributed by atoms with van der Waals surface area (Å²) in [6, 6.07) is 6.31. The summed E-state index contributed by atoms with van der Waals surface area (Å²) in [6.45, 7) is 2.42. The number of non-ortho nitro benzene ring substituents is 1. The Balaban J connectivity index is 2.21. The van der Waals surface area contributed by atoms with Gasteiger partial charge in [0.15, 0.2) is 6.29 Å². The molecule has 5 heteroatoms. The Kier molecular flexibility index (Phi) is 2.66. The molecule has 5 nitrogen and oxygen atoms in total. The predicted molar refractivity (Wildman–Crippen MR) is 52.3 cm³/mol. The van der Waals surface area contributed by atoms with Crippen LogP contribution in [-0.2, 0) is 9.47 Å². The average Bonchev–Trinajstić information content (AvgIpc) is 2.65. The number of rotatable bonds is 2. The van der Waals surface area contributed by atoms with Gasteiger partial charge in [-0.2, -0.15) is 0 Å². The Morgan fingerprint density at radius 1 is 1.53 bits per heavy atom. The summed E-state index contributed by atoms with van der Waals surface area (Å²) in [5, 5.41) is 10.6. The molecule has 2 rings (SSSR count). The van der Waals surface area contributed by atoms with Crippen LogP contribution >= 0.6 is 0 Å². The summed E-state index contributed by atoms with van der Waals surface area (Å²) in [4.78, 5) is 10.1. The number of nitro groups is 1. The molecule has 0 aromatic heterocycles. The molecule has 2 atom stereocenters. The third-order valence-corrected chi connectivity index (χ3v) is 2.19. The molecule has 0 amide bonds. The van der Waals surface area contributed by atoms with Crippen molar-refractivity contribution < 1.29 is 14.4 Å². The molecular formula is C10H11NO4. The molecule has 1 fully saturated rings. The maximum Gasteiger partial charge on any atom is 0.269 e. The lowest BCUT2D eigenvalue weighted by atomic mass is 10.2. The van der Waals surface area contributed by atoms with Gasteiger partial charge in [0, 0.05) is 17.7 Å². The quantitative estimate of drug-likeness (QED) is 0.552. The van der Waals surface area contributed by atoms with E-state index in [9.17, 15) is 10.1 Å². The molecule has 1 aliphatic heterocycles. The van der Waals surface area contributed by atoms with Gasteiger partial charge in [-0.1, -0.05) is 12.1 Å². The lowest BCUT2D eigenvalue weighted by Crippen LogP contribution is -2.03. The van der Waals surface area contributed by atoms with Crippen LogP contribution in [0, 0.1) is 10.1 Å². The number of hydrogen-bond donors (Lipinski definition) is 0. The molecule has 0 N–H and O–H groups in total. The van der Waals surface area contributed by atoms with Crippen LogP contribution in [0.15, 0.2) is 24.3 Å². The predicted octanol–water partition coefficient (Wildman–Crippen LogP) is 2.03. The van der Waals surface area contributed by atoms with Gasteiger partial charge in [-0.25, -0.2) is 0 Å². The van der Waals surface area contributed by atoms with Gasteiger partial charge in [0.1, 0.15) is 0 Å². The first kappa shape index (κ1) is 10.1. The Morgan fingerprint density at radius 3 is 2.93 bits per heavy atom. The second kappa shape index (κ2) is 3.96. The van der Waals surface area contributed by atoms with E-state index in [0.717, 1.165) is 0 Å². The summed E-state index contributed by atoms with van der Waals surface area (Å²) in [5.41, 5.74) is 0.743. The molecule has 0 saturated carbocycles. The summed E-state index contributed by atoms with van der Waals surface area (Å²) in [6.07, 6.45) is -0.436. The first-order valence-corrected chi connectivity index (χ1v) is 4.68. The van der Waals surface area contributed by atoms with Gasteiger partial charge < -0.3 is 9.47 Å². The van der Waals surface area contributed by atoms with E-state index in [1.54, 1.807) is 12.1 Å². The van der Waals surface area contributed by atoms with Crippen molar-refractivity contribution in [2.45, 2.75) is 19.3 Å². The molecule has 2 unspecified atom stereocenters. The minimum Gasteiger partial charge on any atom is -0.346 e. The van der Waals surface area contributed by atoms with Gasteiger partial charge in [-0.3, -0.25) is 10.1 Å². The minimum atomic E-state index is -0.472.